The molecule has 2 amide bonds. The third kappa shape index (κ3) is 7.72. The quantitative estimate of drug-likeness (QED) is 0.534. The Morgan fingerprint density at radius 3 is 2.68 bits per heavy atom. The summed E-state index contributed by atoms with van der Waals surface area (Å²) in [6.45, 7) is 3.64. The van der Waals surface area contributed by atoms with E-state index < -0.39 is 5.54 Å². The fourth-order valence-electron chi connectivity index (χ4n) is 2.14. The molecule has 6 heteroatoms. The van der Waals surface area contributed by atoms with Gasteiger partial charge in [-0.1, -0.05) is 28.0 Å². The molecular formula is C13H24N2O2S2. The smallest absolute Gasteiger partial charge is 0.220 e. The molecular weight excluding hydrogens is 280 g/mol. The predicted octanol–water partition coefficient (Wildman–Crippen LogP) is 2.47. The van der Waals surface area contributed by atoms with E-state index in [1.807, 2.05) is 35.4 Å². The summed E-state index contributed by atoms with van der Waals surface area (Å²) in [7, 11) is 3.94. The van der Waals surface area contributed by atoms with Gasteiger partial charge in [0.1, 0.15) is 0 Å². The summed E-state index contributed by atoms with van der Waals surface area (Å²) in [6.07, 6.45) is 5.23. The molecule has 0 aromatic heterocycles. The van der Waals surface area contributed by atoms with Crippen molar-refractivity contribution in [3.05, 3.63) is 0 Å². The van der Waals surface area contributed by atoms with E-state index in [0.717, 1.165) is 18.1 Å². The summed E-state index contributed by atoms with van der Waals surface area (Å²) in [5.41, 5.74) is 4.61. The Labute approximate surface area is 123 Å². The molecule has 0 bridgehead atoms. The molecule has 0 spiro atoms. The Hall–Kier alpha value is -0.360. The third-order valence-electron chi connectivity index (χ3n) is 3.00. The van der Waals surface area contributed by atoms with Gasteiger partial charge in [0.05, 0.1) is 0 Å². The molecule has 4 nitrogen and oxygen atoms in total. The van der Waals surface area contributed by atoms with E-state index in [2.05, 4.69) is 5.32 Å². The third-order valence-corrected chi connectivity index (χ3v) is 6.01. The van der Waals surface area contributed by atoms with Crippen molar-refractivity contribution < 1.29 is 9.59 Å². The van der Waals surface area contributed by atoms with Crippen LogP contribution < -0.4 is 11.1 Å². The van der Waals surface area contributed by atoms with Crippen molar-refractivity contribution in [2.75, 3.05) is 5.75 Å². The van der Waals surface area contributed by atoms with E-state index in [9.17, 15) is 9.59 Å². The summed E-state index contributed by atoms with van der Waals surface area (Å²) in [6, 6.07) is 0. The van der Waals surface area contributed by atoms with Crippen LogP contribution in [0.4, 0.5) is 0 Å². The monoisotopic (exact) mass is 304 g/mol. The molecule has 0 aromatic rings. The first kappa shape index (κ1) is 16.7. The van der Waals surface area contributed by atoms with Gasteiger partial charge >= 0.3 is 0 Å². The van der Waals surface area contributed by atoms with Gasteiger partial charge in [0, 0.05) is 29.4 Å². The number of rotatable bonds is 8. The Morgan fingerprint density at radius 1 is 1.37 bits per heavy atom. The summed E-state index contributed by atoms with van der Waals surface area (Å²) >= 11 is 0. The minimum absolute atomic E-state index is 0.0136. The van der Waals surface area contributed by atoms with E-state index in [0.29, 0.717) is 6.42 Å². The van der Waals surface area contributed by atoms with Crippen LogP contribution in [0.5, 0.6) is 0 Å². The van der Waals surface area contributed by atoms with Crippen LogP contribution in [-0.2, 0) is 9.59 Å². The first-order valence-electron chi connectivity index (χ1n) is 6.77. The topological polar surface area (TPSA) is 72.2 Å². The van der Waals surface area contributed by atoms with Crippen molar-refractivity contribution in [3.8, 4) is 0 Å². The molecule has 19 heavy (non-hydrogen) atoms. The standard InChI is InChI=1S/C13H24N2O2S2/c1-13(2,9-11(14)16)15-12(17)6-4-3-5-10-7-8-18-19-10/h10H,3-9H2,1-2H3,(H2,14,16)(H,15,17). The largest absolute Gasteiger partial charge is 0.370 e. The van der Waals surface area contributed by atoms with E-state index in [-0.39, 0.29) is 18.2 Å². The molecule has 1 aliphatic heterocycles. The SMILES string of the molecule is CC(C)(CC(N)=O)NC(=O)CCCCC1CCSS1. The molecule has 0 aliphatic carbocycles. The second-order valence-electron chi connectivity index (χ2n) is 5.65. The van der Waals surface area contributed by atoms with E-state index in [1.165, 1.54) is 18.6 Å². The van der Waals surface area contributed by atoms with E-state index >= 15 is 0 Å². The predicted molar refractivity (Wildman–Crippen MR) is 83.0 cm³/mol. The summed E-state index contributed by atoms with van der Waals surface area (Å²) in [5.74, 6) is 0.887. The van der Waals surface area contributed by atoms with Crippen LogP contribution >= 0.6 is 21.6 Å². The summed E-state index contributed by atoms with van der Waals surface area (Å²) < 4.78 is 0. The van der Waals surface area contributed by atoms with Gasteiger partial charge in [-0.3, -0.25) is 9.59 Å². The molecule has 1 unspecified atom stereocenters. The van der Waals surface area contributed by atoms with Crippen molar-refractivity contribution in [2.24, 2.45) is 5.73 Å². The number of amides is 2. The fraction of sp³-hybridized carbons (Fsp3) is 0.846. The maximum Gasteiger partial charge on any atom is 0.220 e. The normalized spacial score (nSPS) is 19.4. The van der Waals surface area contributed by atoms with Crippen LogP contribution in [-0.4, -0.2) is 28.4 Å². The lowest BCUT2D eigenvalue weighted by atomic mass is 10.00. The van der Waals surface area contributed by atoms with E-state index in [4.69, 9.17) is 5.73 Å². The molecule has 1 heterocycles. The molecule has 0 saturated carbocycles. The van der Waals surface area contributed by atoms with Crippen LogP contribution in [0, 0.1) is 0 Å². The molecule has 0 radical (unpaired) electrons. The molecule has 1 aliphatic rings. The molecule has 1 atom stereocenters. The van der Waals surface area contributed by atoms with Gasteiger partial charge < -0.3 is 11.1 Å². The van der Waals surface area contributed by atoms with Crippen LogP contribution in [0.2, 0.25) is 0 Å². The minimum Gasteiger partial charge on any atom is -0.370 e. The number of hydrogen-bond acceptors (Lipinski definition) is 4. The first-order chi connectivity index (χ1) is 8.89. The van der Waals surface area contributed by atoms with Crippen LogP contribution in [0.15, 0.2) is 0 Å². The Balaban J connectivity index is 2.11. The van der Waals surface area contributed by atoms with Crippen molar-refractivity contribution in [1.82, 2.24) is 5.32 Å². The van der Waals surface area contributed by atoms with Crippen molar-refractivity contribution in [1.29, 1.82) is 0 Å². The molecule has 1 rings (SSSR count). The molecule has 0 aromatic carbocycles. The van der Waals surface area contributed by atoms with Gasteiger partial charge in [0.15, 0.2) is 0 Å². The highest BCUT2D eigenvalue weighted by atomic mass is 33.1. The maximum absolute atomic E-state index is 11.8. The second-order valence-corrected chi connectivity index (χ2v) is 8.44. The Kier molecular flexibility index (Phi) is 7.07. The average Bonchev–Trinajstić information content (AvgIpc) is 2.74. The highest BCUT2D eigenvalue weighted by molar-refractivity contribution is 8.77. The second kappa shape index (κ2) is 8.04. The zero-order valence-corrected chi connectivity index (χ0v) is 13.4. The van der Waals surface area contributed by atoms with Gasteiger partial charge in [0.25, 0.3) is 0 Å². The van der Waals surface area contributed by atoms with Gasteiger partial charge in [-0.2, -0.15) is 0 Å². The zero-order valence-electron chi connectivity index (χ0n) is 11.7. The fourth-order valence-corrected chi connectivity index (χ4v) is 5.17. The summed E-state index contributed by atoms with van der Waals surface area (Å²) in [5, 5.41) is 3.64. The average molecular weight is 304 g/mol. The van der Waals surface area contributed by atoms with Crippen LogP contribution in [0.3, 0.4) is 0 Å². The van der Waals surface area contributed by atoms with Crippen molar-refractivity contribution in [3.63, 3.8) is 0 Å². The number of hydrogen-bond donors (Lipinski definition) is 2. The van der Waals surface area contributed by atoms with Crippen molar-refractivity contribution in [2.45, 2.75) is 63.2 Å². The number of primary amides is 1. The lowest BCUT2D eigenvalue weighted by Crippen LogP contribution is -2.45. The first-order valence-corrected chi connectivity index (χ1v) is 9.15. The van der Waals surface area contributed by atoms with Crippen LogP contribution in [0.25, 0.3) is 0 Å². The van der Waals surface area contributed by atoms with Gasteiger partial charge in [-0.05, 0) is 33.1 Å². The number of nitrogens with two attached hydrogens (primary N) is 1. The zero-order chi connectivity index (χ0) is 14.3. The van der Waals surface area contributed by atoms with Crippen molar-refractivity contribution >= 4 is 33.4 Å². The van der Waals surface area contributed by atoms with Crippen LogP contribution in [0.1, 0.15) is 52.4 Å². The molecule has 3 N–H and O–H groups in total. The number of unbranched alkanes of at least 4 members (excludes halogenated alkanes) is 1. The molecule has 110 valence electrons. The molecule has 1 fully saturated rings. The van der Waals surface area contributed by atoms with Gasteiger partial charge in [-0.25, -0.2) is 0 Å². The number of nitrogens with one attached hydrogen (secondary N) is 1. The lowest BCUT2D eigenvalue weighted by molar-refractivity contribution is -0.124. The minimum atomic E-state index is -0.541. The van der Waals surface area contributed by atoms with Gasteiger partial charge in [0.2, 0.25) is 11.8 Å². The Bertz CT molecular complexity index is 316. The number of carbonyl (C=O) groups excluding carboxylic acids is 2. The lowest BCUT2D eigenvalue weighted by Gasteiger charge is -2.24. The van der Waals surface area contributed by atoms with Gasteiger partial charge in [-0.15, -0.1) is 0 Å². The highest BCUT2D eigenvalue weighted by Crippen LogP contribution is 2.39. The van der Waals surface area contributed by atoms with E-state index in [1.54, 1.807) is 0 Å². The summed E-state index contributed by atoms with van der Waals surface area (Å²) in [4.78, 5) is 22.6. The molecule has 1 saturated heterocycles. The maximum atomic E-state index is 11.8. The number of carbonyl (C=O) groups is 2. The Morgan fingerprint density at radius 2 is 2.11 bits per heavy atom. The highest BCUT2D eigenvalue weighted by Gasteiger charge is 2.22.